The lowest BCUT2D eigenvalue weighted by Crippen LogP contribution is -2.54. The average Bonchev–Trinajstić information content (AvgIpc) is 2.95. The third kappa shape index (κ3) is 4.53. The van der Waals surface area contributed by atoms with E-state index >= 15 is 0 Å². The Morgan fingerprint density at radius 2 is 1.94 bits per heavy atom. The van der Waals surface area contributed by atoms with Crippen LogP contribution in [0.2, 0.25) is 0 Å². The van der Waals surface area contributed by atoms with Gasteiger partial charge in [0.25, 0.3) is 0 Å². The van der Waals surface area contributed by atoms with Gasteiger partial charge in [0.05, 0.1) is 6.10 Å². The number of aliphatic hydroxyl groups excluding tert-OH is 1. The van der Waals surface area contributed by atoms with Gasteiger partial charge in [-0.2, -0.15) is 8.42 Å². The van der Waals surface area contributed by atoms with E-state index in [1.165, 1.54) is 0 Å². The van der Waals surface area contributed by atoms with Crippen LogP contribution in [0.4, 0.5) is 0 Å². The number of carbonyl (C=O) groups excluding carboxylic acids is 2. The third-order valence-corrected chi connectivity index (χ3v) is 8.73. The molecule has 0 amide bonds. The van der Waals surface area contributed by atoms with Gasteiger partial charge in [-0.15, -0.1) is 0 Å². The second-order valence-corrected chi connectivity index (χ2v) is 11.3. The first-order valence-corrected chi connectivity index (χ1v) is 12.4. The van der Waals surface area contributed by atoms with E-state index in [-0.39, 0.29) is 35.9 Å². The molecule has 176 valence electrons. The zero-order valence-electron chi connectivity index (χ0n) is 18.5. The van der Waals surface area contributed by atoms with E-state index in [4.69, 9.17) is 4.55 Å². The fourth-order valence-electron chi connectivity index (χ4n) is 6.53. The lowest BCUT2D eigenvalue weighted by atomic mass is 9.53. The molecule has 3 rings (SSSR count). The van der Waals surface area contributed by atoms with Gasteiger partial charge < -0.3 is 10.2 Å². The maximum absolute atomic E-state index is 12.7. The Hall–Kier alpha value is -1.13. The summed E-state index contributed by atoms with van der Waals surface area (Å²) < 4.78 is 34.7. The molecule has 0 spiro atoms. The van der Waals surface area contributed by atoms with Crippen LogP contribution >= 0.6 is 0 Å². The number of carbonyl (C=O) groups is 2. The molecular weight excluding hydrogens is 424 g/mol. The molecule has 6 atom stereocenters. The Morgan fingerprint density at radius 3 is 2.58 bits per heavy atom. The van der Waals surface area contributed by atoms with Crippen LogP contribution in [0.3, 0.4) is 0 Å². The molecule has 3 N–H and O–H groups in total. The molecule has 0 unspecified atom stereocenters. The van der Waals surface area contributed by atoms with Crippen LogP contribution in [-0.2, 0) is 24.2 Å². The number of ketones is 2. The van der Waals surface area contributed by atoms with Crippen molar-refractivity contribution in [2.75, 3.05) is 6.61 Å². The number of hydrogen-bond acceptors (Lipinski definition) is 7. The predicted octanol–water partition coefficient (Wildman–Crippen LogP) is 2.39. The largest absolute Gasteiger partial charge is 0.397 e. The summed E-state index contributed by atoms with van der Waals surface area (Å²) >= 11 is 0. The Bertz CT molecular complexity index is 880. The van der Waals surface area contributed by atoms with Crippen LogP contribution in [0, 0.1) is 22.7 Å². The molecular formula is C22H34O8S. The number of rotatable bonds is 7. The number of Topliss-reactive ketones (excluding diaryl/α,β-unsaturated/α-hetero) is 1. The van der Waals surface area contributed by atoms with Crippen LogP contribution in [0.1, 0.15) is 72.1 Å². The molecule has 0 saturated heterocycles. The van der Waals surface area contributed by atoms with E-state index < -0.39 is 39.9 Å². The summed E-state index contributed by atoms with van der Waals surface area (Å²) in [6.07, 6.45) is 5.10. The van der Waals surface area contributed by atoms with Gasteiger partial charge in [-0.25, -0.2) is 4.18 Å². The molecule has 2 saturated carbocycles. The Labute approximate surface area is 184 Å². The summed E-state index contributed by atoms with van der Waals surface area (Å²) in [5.74, 6) is -0.602. The maximum atomic E-state index is 12.7. The molecule has 0 aliphatic heterocycles. The quantitative estimate of drug-likeness (QED) is 0.494. The van der Waals surface area contributed by atoms with Gasteiger partial charge in [-0.3, -0.25) is 14.1 Å². The zero-order chi connectivity index (χ0) is 23.2. The van der Waals surface area contributed by atoms with Gasteiger partial charge in [-0.05, 0) is 68.3 Å². The van der Waals surface area contributed by atoms with E-state index in [0.717, 1.165) is 18.4 Å². The van der Waals surface area contributed by atoms with Gasteiger partial charge in [-0.1, -0.05) is 26.3 Å². The maximum Gasteiger partial charge on any atom is 0.397 e. The number of fused-ring (bicyclic) bond motifs is 1. The van der Waals surface area contributed by atoms with Crippen molar-refractivity contribution in [2.24, 2.45) is 22.7 Å². The number of aliphatic hydroxyl groups is 2. The van der Waals surface area contributed by atoms with Crippen LogP contribution in [-0.4, -0.2) is 53.1 Å². The smallest absolute Gasteiger partial charge is 0.393 e. The van der Waals surface area contributed by atoms with Crippen molar-refractivity contribution in [3.8, 4) is 0 Å². The molecule has 3 aliphatic carbocycles. The number of hydrogen-bond donors (Lipinski definition) is 3. The Kier molecular flexibility index (Phi) is 6.59. The molecule has 0 heterocycles. The van der Waals surface area contributed by atoms with Crippen molar-refractivity contribution in [1.82, 2.24) is 0 Å². The molecule has 0 aromatic heterocycles. The summed E-state index contributed by atoms with van der Waals surface area (Å²) in [4.78, 5) is 24.7. The second kappa shape index (κ2) is 8.33. The second-order valence-electron chi connectivity index (χ2n) is 10.3. The minimum atomic E-state index is -4.80. The minimum absolute atomic E-state index is 0.119. The van der Waals surface area contributed by atoms with E-state index in [9.17, 15) is 28.2 Å². The number of allylic oxidation sites excluding steroid dienone is 2. The molecule has 9 heteroatoms. The molecule has 31 heavy (non-hydrogen) atoms. The summed E-state index contributed by atoms with van der Waals surface area (Å²) in [7, 11) is -4.80. The summed E-state index contributed by atoms with van der Waals surface area (Å²) in [6.45, 7) is 4.99. The van der Waals surface area contributed by atoms with Crippen LogP contribution in [0.5, 0.6) is 0 Å². The van der Waals surface area contributed by atoms with Crippen molar-refractivity contribution in [2.45, 2.75) is 83.8 Å². The molecule has 8 nitrogen and oxygen atoms in total. The molecule has 2 fully saturated rings. The fraction of sp³-hybridized carbons (Fsp3) is 0.818. The highest BCUT2D eigenvalue weighted by atomic mass is 32.3. The van der Waals surface area contributed by atoms with Gasteiger partial charge in [0.2, 0.25) is 0 Å². The molecule has 0 aromatic carbocycles. The standard InChI is InChI=1S/C22H34O8S/c1-14-5-6-15-11-16(23)7-10-21(15,3)19(14)17(24)12-20(2)8-4-9-22(20,26)18(25)13-30-31(27,28)29/h11,14,17,19,24,26H,4-10,12-13H2,1-3H3,(H,27,28,29)/t14-,17+,19-,20-,21+,22+/m1/s1. The third-order valence-electron chi connectivity index (χ3n) is 8.32. The van der Waals surface area contributed by atoms with E-state index in [1.54, 1.807) is 13.0 Å². The first-order valence-electron chi connectivity index (χ1n) is 11.0. The molecule has 3 aliphatic rings. The highest BCUT2D eigenvalue weighted by Crippen LogP contribution is 2.57. The first-order chi connectivity index (χ1) is 14.2. The highest BCUT2D eigenvalue weighted by Gasteiger charge is 2.58. The van der Waals surface area contributed by atoms with Crippen LogP contribution < -0.4 is 0 Å². The lowest BCUT2D eigenvalue weighted by molar-refractivity contribution is -0.156. The zero-order valence-corrected chi connectivity index (χ0v) is 19.3. The SMILES string of the molecule is C[C@@H]1CCC2=CC(=O)CC[C@]2(C)[C@H]1[C@@H](O)C[C@@]1(C)CCC[C@]1(O)C(=O)COS(=O)(=O)O. The molecule has 0 radical (unpaired) electrons. The van der Waals surface area contributed by atoms with Crippen molar-refractivity contribution in [1.29, 1.82) is 0 Å². The lowest BCUT2D eigenvalue weighted by Gasteiger charge is -2.52. The monoisotopic (exact) mass is 458 g/mol. The van der Waals surface area contributed by atoms with Gasteiger partial charge >= 0.3 is 10.4 Å². The Morgan fingerprint density at radius 1 is 1.26 bits per heavy atom. The fourth-order valence-corrected chi connectivity index (χ4v) is 6.79. The van der Waals surface area contributed by atoms with Crippen molar-refractivity contribution < 1.29 is 37.0 Å². The topological polar surface area (TPSA) is 138 Å². The Balaban J connectivity index is 1.83. The van der Waals surface area contributed by atoms with Gasteiger partial charge in [0, 0.05) is 11.8 Å². The first kappa shape index (κ1) is 24.5. The van der Waals surface area contributed by atoms with Gasteiger partial charge in [0.1, 0.15) is 12.2 Å². The van der Waals surface area contributed by atoms with Crippen molar-refractivity contribution >= 4 is 22.0 Å². The predicted molar refractivity (Wildman–Crippen MR) is 112 cm³/mol. The average molecular weight is 459 g/mol. The minimum Gasteiger partial charge on any atom is -0.393 e. The van der Waals surface area contributed by atoms with E-state index in [1.807, 2.05) is 0 Å². The van der Waals surface area contributed by atoms with Crippen LogP contribution in [0.15, 0.2) is 11.6 Å². The van der Waals surface area contributed by atoms with Gasteiger partial charge in [0.15, 0.2) is 11.6 Å². The molecule has 0 bridgehead atoms. The summed E-state index contributed by atoms with van der Waals surface area (Å²) in [5.41, 5.74) is -2.04. The molecule has 0 aromatic rings. The highest BCUT2D eigenvalue weighted by molar-refractivity contribution is 7.80. The normalized spacial score (nSPS) is 39.7. The van der Waals surface area contributed by atoms with E-state index in [0.29, 0.717) is 25.7 Å². The summed E-state index contributed by atoms with van der Waals surface area (Å²) in [6, 6.07) is 0. The van der Waals surface area contributed by atoms with Crippen molar-refractivity contribution in [3.63, 3.8) is 0 Å². The van der Waals surface area contributed by atoms with Crippen LogP contribution in [0.25, 0.3) is 0 Å². The summed E-state index contributed by atoms with van der Waals surface area (Å²) in [5, 5.41) is 22.7. The van der Waals surface area contributed by atoms with Crippen molar-refractivity contribution in [3.05, 3.63) is 11.6 Å². The van der Waals surface area contributed by atoms with E-state index in [2.05, 4.69) is 18.0 Å².